The molecule has 1 unspecified atom stereocenters. The second kappa shape index (κ2) is 6.33. The first-order valence-electron chi connectivity index (χ1n) is 8.65. The molecule has 0 N–H and O–H groups in total. The van der Waals surface area contributed by atoms with Crippen molar-refractivity contribution in [3.63, 3.8) is 0 Å². The van der Waals surface area contributed by atoms with Crippen LogP contribution in [0.3, 0.4) is 0 Å². The first-order chi connectivity index (χ1) is 12.8. The van der Waals surface area contributed by atoms with E-state index in [9.17, 15) is 4.79 Å². The summed E-state index contributed by atoms with van der Waals surface area (Å²) in [4.78, 5) is 18.4. The zero-order valence-electron chi connectivity index (χ0n) is 14.1. The molecule has 1 amide bonds. The van der Waals surface area contributed by atoms with Gasteiger partial charge in [-0.3, -0.25) is 4.79 Å². The molecule has 0 bridgehead atoms. The van der Waals surface area contributed by atoms with E-state index in [0.29, 0.717) is 31.9 Å². The van der Waals surface area contributed by atoms with Crippen LogP contribution in [0.2, 0.25) is 0 Å². The van der Waals surface area contributed by atoms with Crippen molar-refractivity contribution in [3.8, 4) is 0 Å². The van der Waals surface area contributed by atoms with Gasteiger partial charge >= 0.3 is 0 Å². The van der Waals surface area contributed by atoms with E-state index in [0.717, 1.165) is 18.8 Å². The number of carbonyl (C=O) groups excluding carboxylic acids is 1. The minimum absolute atomic E-state index is 0.0666. The van der Waals surface area contributed by atoms with Crippen molar-refractivity contribution in [1.29, 1.82) is 0 Å². The maximum Gasteiger partial charge on any atom is 0.253 e. The Morgan fingerprint density at radius 1 is 1.27 bits per heavy atom. The van der Waals surface area contributed by atoms with E-state index in [-0.39, 0.29) is 5.91 Å². The lowest BCUT2D eigenvalue weighted by molar-refractivity contribution is -0.145. The number of hydrogen-bond acceptors (Lipinski definition) is 7. The number of morpholine rings is 1. The Bertz CT molecular complexity index is 954. The highest BCUT2D eigenvalue weighted by Gasteiger charge is 2.32. The monoisotopic (exact) mass is 370 g/mol. The summed E-state index contributed by atoms with van der Waals surface area (Å²) >= 11 is 1.78. The van der Waals surface area contributed by atoms with Gasteiger partial charge in [0, 0.05) is 24.5 Å². The average Bonchev–Trinajstić information content (AvgIpc) is 3.35. The van der Waals surface area contributed by atoms with Crippen LogP contribution in [-0.4, -0.2) is 63.0 Å². The number of anilines is 1. The average molecular weight is 370 g/mol. The Morgan fingerprint density at radius 2 is 2.23 bits per heavy atom. The summed E-state index contributed by atoms with van der Waals surface area (Å²) in [7, 11) is 0. The fourth-order valence-corrected chi connectivity index (χ4v) is 4.42. The summed E-state index contributed by atoms with van der Waals surface area (Å²) in [5, 5.41) is 14.5. The van der Waals surface area contributed by atoms with Crippen molar-refractivity contribution in [2.24, 2.45) is 0 Å². The number of fused-ring (bicyclic) bond motifs is 2. The van der Waals surface area contributed by atoms with Crippen molar-refractivity contribution < 1.29 is 9.53 Å². The minimum Gasteiger partial charge on any atom is -0.365 e. The number of aromatic nitrogens is 4. The van der Waals surface area contributed by atoms with Crippen LogP contribution >= 0.6 is 11.3 Å². The molecule has 0 aliphatic carbocycles. The lowest BCUT2D eigenvalue weighted by Gasteiger charge is -2.36. The van der Waals surface area contributed by atoms with Crippen molar-refractivity contribution in [2.75, 3.05) is 31.1 Å². The zero-order valence-corrected chi connectivity index (χ0v) is 14.9. The van der Waals surface area contributed by atoms with E-state index in [1.807, 2.05) is 17.0 Å². The standard InChI is InChI=1S/C17H18N6O2S/c24-17(22-5-3-14-12(9-22)4-8-26-14)13-10-21(6-7-25-13)16-2-1-15-19-18-11-23(15)20-16/h1-2,4,8,11,13H,3,5-7,9-10H2. The predicted molar refractivity (Wildman–Crippen MR) is 96.2 cm³/mol. The van der Waals surface area contributed by atoms with Gasteiger partial charge in [0.15, 0.2) is 11.8 Å². The van der Waals surface area contributed by atoms with Gasteiger partial charge in [0.25, 0.3) is 5.91 Å². The van der Waals surface area contributed by atoms with Crippen molar-refractivity contribution in [1.82, 2.24) is 24.7 Å². The van der Waals surface area contributed by atoms with Gasteiger partial charge in [-0.25, -0.2) is 0 Å². The van der Waals surface area contributed by atoms with Crippen LogP contribution < -0.4 is 4.90 Å². The molecule has 3 aromatic heterocycles. The normalized spacial score (nSPS) is 20.4. The van der Waals surface area contributed by atoms with Crippen LogP contribution in [0.15, 0.2) is 29.9 Å². The first kappa shape index (κ1) is 15.7. The van der Waals surface area contributed by atoms with Gasteiger partial charge in [0.05, 0.1) is 13.2 Å². The molecule has 1 atom stereocenters. The molecule has 0 radical (unpaired) electrons. The third kappa shape index (κ3) is 2.73. The summed E-state index contributed by atoms with van der Waals surface area (Å²) < 4.78 is 7.44. The smallest absolute Gasteiger partial charge is 0.253 e. The van der Waals surface area contributed by atoms with Crippen LogP contribution in [-0.2, 0) is 22.5 Å². The summed E-state index contributed by atoms with van der Waals surface area (Å²) in [5.74, 6) is 0.870. The first-order valence-corrected chi connectivity index (χ1v) is 9.53. The molecule has 1 saturated heterocycles. The molecular formula is C17H18N6O2S. The van der Waals surface area contributed by atoms with E-state index >= 15 is 0 Å². The van der Waals surface area contributed by atoms with Gasteiger partial charge in [0.2, 0.25) is 0 Å². The Labute approximate surface area is 154 Å². The Morgan fingerprint density at radius 3 is 3.19 bits per heavy atom. The number of hydrogen-bond donors (Lipinski definition) is 0. The molecule has 2 aliphatic heterocycles. The molecule has 1 fully saturated rings. The van der Waals surface area contributed by atoms with Gasteiger partial charge < -0.3 is 14.5 Å². The quantitative estimate of drug-likeness (QED) is 0.669. The Balaban J connectivity index is 1.31. The van der Waals surface area contributed by atoms with Crippen molar-refractivity contribution >= 4 is 28.7 Å². The zero-order chi connectivity index (χ0) is 17.5. The number of rotatable bonds is 2. The van der Waals surface area contributed by atoms with E-state index in [1.54, 1.807) is 22.2 Å². The van der Waals surface area contributed by atoms with Gasteiger partial charge in [-0.2, -0.15) is 4.52 Å². The number of nitrogens with zero attached hydrogens (tertiary/aromatic N) is 6. The molecule has 0 aromatic carbocycles. The molecule has 0 saturated carbocycles. The predicted octanol–water partition coefficient (Wildman–Crippen LogP) is 0.976. The molecule has 0 spiro atoms. The maximum absolute atomic E-state index is 13.0. The topological polar surface area (TPSA) is 75.9 Å². The van der Waals surface area contributed by atoms with Gasteiger partial charge in [-0.1, -0.05) is 0 Å². The van der Waals surface area contributed by atoms with Crippen LogP contribution in [0.25, 0.3) is 5.65 Å². The van der Waals surface area contributed by atoms with Gasteiger partial charge in [0.1, 0.15) is 12.1 Å². The molecule has 2 aliphatic rings. The number of ether oxygens (including phenoxy) is 1. The van der Waals surface area contributed by atoms with E-state index in [1.165, 1.54) is 10.4 Å². The maximum atomic E-state index is 13.0. The molecule has 134 valence electrons. The van der Waals surface area contributed by atoms with E-state index in [4.69, 9.17) is 4.74 Å². The summed E-state index contributed by atoms with van der Waals surface area (Å²) in [6, 6.07) is 5.91. The van der Waals surface area contributed by atoms with Crippen LogP contribution in [0, 0.1) is 0 Å². The molecule has 26 heavy (non-hydrogen) atoms. The highest BCUT2D eigenvalue weighted by Crippen LogP contribution is 2.25. The second-order valence-electron chi connectivity index (χ2n) is 6.51. The molecule has 8 nitrogen and oxygen atoms in total. The molecule has 5 heterocycles. The van der Waals surface area contributed by atoms with Gasteiger partial charge in [-0.05, 0) is 35.6 Å². The van der Waals surface area contributed by atoms with E-state index in [2.05, 4.69) is 31.6 Å². The number of thiophene rings is 1. The number of amides is 1. The molecule has 9 heteroatoms. The second-order valence-corrected chi connectivity index (χ2v) is 7.51. The third-order valence-corrected chi connectivity index (χ3v) is 5.96. The third-order valence-electron chi connectivity index (χ3n) is 4.93. The lowest BCUT2D eigenvalue weighted by Crippen LogP contribution is -2.52. The van der Waals surface area contributed by atoms with Crippen LogP contribution in [0.1, 0.15) is 10.4 Å². The summed E-state index contributed by atoms with van der Waals surface area (Å²) in [6.07, 6.45) is 2.05. The van der Waals surface area contributed by atoms with Crippen molar-refractivity contribution in [2.45, 2.75) is 19.1 Å². The fraction of sp³-hybridized carbons (Fsp3) is 0.412. The van der Waals surface area contributed by atoms with E-state index < -0.39 is 6.10 Å². The Kier molecular flexibility index (Phi) is 3.83. The van der Waals surface area contributed by atoms with Gasteiger partial charge in [-0.15, -0.1) is 26.6 Å². The minimum atomic E-state index is -0.456. The lowest BCUT2D eigenvalue weighted by atomic mass is 10.1. The summed E-state index contributed by atoms with van der Waals surface area (Å²) in [6.45, 7) is 3.17. The highest BCUT2D eigenvalue weighted by atomic mass is 32.1. The molecule has 5 rings (SSSR count). The highest BCUT2D eigenvalue weighted by molar-refractivity contribution is 7.10. The largest absolute Gasteiger partial charge is 0.365 e. The van der Waals surface area contributed by atoms with Crippen molar-refractivity contribution in [3.05, 3.63) is 40.3 Å². The number of carbonyl (C=O) groups is 1. The Hall–Kier alpha value is -2.52. The fourth-order valence-electron chi connectivity index (χ4n) is 3.53. The van der Waals surface area contributed by atoms with Crippen LogP contribution in [0.4, 0.5) is 5.82 Å². The summed E-state index contributed by atoms with van der Waals surface area (Å²) in [5.41, 5.74) is 1.97. The SMILES string of the molecule is O=C(C1CN(c2ccc3nncn3n2)CCO1)N1CCc2sccc2C1. The molecular weight excluding hydrogens is 352 g/mol. The van der Waals surface area contributed by atoms with Crippen LogP contribution in [0.5, 0.6) is 0 Å². The molecule has 3 aromatic rings.